The van der Waals surface area contributed by atoms with Gasteiger partial charge in [0.25, 0.3) is 0 Å². The van der Waals surface area contributed by atoms with Crippen LogP contribution < -0.4 is 19.9 Å². The molecule has 1 aliphatic rings. The summed E-state index contributed by atoms with van der Waals surface area (Å²) in [7, 11) is 1.61. The fourth-order valence-electron chi connectivity index (χ4n) is 4.45. The van der Waals surface area contributed by atoms with Crippen molar-refractivity contribution in [1.82, 2.24) is 24.1 Å². The second-order valence-corrected chi connectivity index (χ2v) is 10.3. The van der Waals surface area contributed by atoms with Gasteiger partial charge in [0.05, 0.1) is 55.3 Å². The molecule has 234 valence electrons. The Morgan fingerprint density at radius 2 is 1.91 bits per heavy atom. The molecule has 1 fully saturated rings. The molecule has 0 aliphatic carbocycles. The number of fused-ring (bicyclic) bond motifs is 1. The summed E-state index contributed by atoms with van der Waals surface area (Å²) in [5, 5.41) is 5.17. The van der Waals surface area contributed by atoms with Gasteiger partial charge in [0, 0.05) is 42.2 Å². The number of ketones is 1. The normalized spacial score (nSPS) is 14.2. The molecule has 4 N–H and O–H groups in total. The molecule has 1 aromatic carbocycles. The van der Waals surface area contributed by atoms with Gasteiger partial charge in [-0.3, -0.25) is 4.79 Å². The zero-order valence-corrected chi connectivity index (χ0v) is 26.5. The smallest absolute Gasteiger partial charge is 0.219 e. The zero-order chi connectivity index (χ0) is 31.8. The molecule has 0 amide bonds. The fraction of sp³-hybridized carbons (Fsp3) is 0.323. The van der Waals surface area contributed by atoms with Gasteiger partial charge in [-0.05, 0) is 56.7 Å². The number of morpholine rings is 1. The second-order valence-electron chi connectivity index (χ2n) is 9.44. The Hall–Kier alpha value is -4.33. The first-order valence-electron chi connectivity index (χ1n) is 14.3. The van der Waals surface area contributed by atoms with Gasteiger partial charge in [-0.15, -0.1) is 0 Å². The maximum Gasteiger partial charge on any atom is 0.219 e. The maximum atomic E-state index is 14.0. The number of nitrogen functional groups attached to an aromatic ring is 1. The number of nitrogens with one attached hydrogen (secondary N) is 2. The Morgan fingerprint density at radius 1 is 1.16 bits per heavy atom. The number of hydrogen-bond donors (Lipinski definition) is 3. The molecule has 0 radical (unpaired) electrons. The first-order chi connectivity index (χ1) is 21.3. The minimum Gasteiger partial charge on any atom is -0.495 e. The van der Waals surface area contributed by atoms with Crippen molar-refractivity contribution in [1.29, 1.82) is 0 Å². The molecule has 13 heteroatoms. The molecular weight excluding hydrogens is 585 g/mol. The number of allylic oxidation sites excluding steroid dienone is 3. The van der Waals surface area contributed by atoms with Crippen LogP contribution in [0.25, 0.3) is 16.6 Å². The van der Waals surface area contributed by atoms with Gasteiger partial charge in [-0.1, -0.05) is 13.8 Å². The first kappa shape index (κ1) is 32.6. The number of ether oxygens (including phenoxy) is 3. The molecule has 44 heavy (non-hydrogen) atoms. The summed E-state index contributed by atoms with van der Waals surface area (Å²) in [6.07, 6.45) is 5.77. The molecule has 0 atom stereocenters. The summed E-state index contributed by atoms with van der Waals surface area (Å²) in [5.41, 5.74) is 9.83. The van der Waals surface area contributed by atoms with E-state index in [1.807, 2.05) is 32.9 Å². The van der Waals surface area contributed by atoms with E-state index in [4.69, 9.17) is 19.9 Å². The van der Waals surface area contributed by atoms with Gasteiger partial charge >= 0.3 is 0 Å². The van der Waals surface area contributed by atoms with Crippen LogP contribution >= 0.6 is 12.1 Å². The average molecular weight is 624 g/mol. The van der Waals surface area contributed by atoms with E-state index in [1.165, 1.54) is 41.4 Å². The molecule has 1 aliphatic heterocycles. The van der Waals surface area contributed by atoms with Crippen LogP contribution in [0.2, 0.25) is 0 Å². The molecule has 0 saturated carbocycles. The van der Waals surface area contributed by atoms with E-state index in [2.05, 4.69) is 24.1 Å². The number of nitrogens with zero attached hydrogens (tertiary/aromatic N) is 4. The van der Waals surface area contributed by atoms with Gasteiger partial charge in [-0.25, -0.2) is 18.4 Å². The highest BCUT2D eigenvalue weighted by Gasteiger charge is 2.22. The minimum absolute atomic E-state index is 0.0679. The van der Waals surface area contributed by atoms with Gasteiger partial charge in [0.2, 0.25) is 11.7 Å². The lowest BCUT2D eigenvalue weighted by atomic mass is 10.1. The van der Waals surface area contributed by atoms with E-state index >= 15 is 0 Å². The fourth-order valence-corrected chi connectivity index (χ4v) is 5.17. The predicted octanol–water partition coefficient (Wildman–Crippen LogP) is 6.37. The van der Waals surface area contributed by atoms with Gasteiger partial charge in [-0.2, -0.15) is 5.10 Å². The second kappa shape index (κ2) is 14.9. The summed E-state index contributed by atoms with van der Waals surface area (Å²) in [6, 6.07) is 7.19. The monoisotopic (exact) mass is 623 g/mol. The molecule has 0 unspecified atom stereocenters. The standard InChI is InChI=1S/C29H32FN7O4S.C2H6/c1-5-20(30)25(6-2)41-27-11-17(3)24(16-32-27)37-29(31)19(15-33-37)28(38)23-12-18-13-26(39-4)22(14-21(18)34-23)35-42-36-7-9-40-10-8-36;1-2/h5-6,11-16,34-35H,7-10,31H2,1-4H3;1-2H3/b20-5+,25-6+;. The Bertz CT molecular complexity index is 1670. The summed E-state index contributed by atoms with van der Waals surface area (Å²) in [6.45, 7) is 12.1. The lowest BCUT2D eigenvalue weighted by Gasteiger charge is -2.25. The highest BCUT2D eigenvalue weighted by Crippen LogP contribution is 2.34. The SMILES string of the molecule is C/C=C(F)\C(=C/C)Oc1cc(C)c(-n2ncc(C(=O)c3cc4cc(OC)c(NSN5CCOCC5)cc4[nH]3)c2N)cn1.CC. The minimum atomic E-state index is -0.490. The number of benzene rings is 1. The van der Waals surface area contributed by atoms with Crippen LogP contribution in [0, 0.1) is 6.92 Å². The Kier molecular flexibility index (Phi) is 11.0. The maximum absolute atomic E-state index is 14.0. The van der Waals surface area contributed by atoms with Gasteiger partial charge in [0.1, 0.15) is 11.6 Å². The van der Waals surface area contributed by atoms with E-state index in [0.29, 0.717) is 30.3 Å². The van der Waals surface area contributed by atoms with E-state index in [-0.39, 0.29) is 28.8 Å². The van der Waals surface area contributed by atoms with Crippen LogP contribution in [-0.2, 0) is 4.74 Å². The van der Waals surface area contributed by atoms with Gasteiger partial charge < -0.3 is 29.7 Å². The quantitative estimate of drug-likeness (QED) is 0.0792. The van der Waals surface area contributed by atoms with E-state index in [9.17, 15) is 9.18 Å². The third-order valence-corrected chi connectivity index (χ3v) is 7.68. The number of anilines is 2. The number of halogens is 1. The number of hydrogen-bond acceptors (Lipinski definition) is 10. The molecule has 1 saturated heterocycles. The van der Waals surface area contributed by atoms with Crippen molar-refractivity contribution in [3.05, 3.63) is 77.2 Å². The van der Waals surface area contributed by atoms with Crippen molar-refractivity contribution < 1.29 is 23.4 Å². The lowest BCUT2D eigenvalue weighted by Crippen LogP contribution is -2.32. The average Bonchev–Trinajstić information content (AvgIpc) is 3.65. The van der Waals surface area contributed by atoms with Crippen molar-refractivity contribution in [3.63, 3.8) is 0 Å². The molecule has 3 aromatic heterocycles. The van der Waals surface area contributed by atoms with E-state index in [0.717, 1.165) is 35.2 Å². The molecule has 0 bridgehead atoms. The van der Waals surface area contributed by atoms with Crippen molar-refractivity contribution in [2.45, 2.75) is 34.6 Å². The summed E-state index contributed by atoms with van der Waals surface area (Å²) >= 11 is 1.49. The van der Waals surface area contributed by atoms with Crippen LogP contribution in [0.5, 0.6) is 11.6 Å². The molecule has 11 nitrogen and oxygen atoms in total. The van der Waals surface area contributed by atoms with Crippen molar-refractivity contribution in [3.8, 4) is 17.3 Å². The summed E-state index contributed by atoms with van der Waals surface area (Å²) in [4.78, 5) is 21.0. The van der Waals surface area contributed by atoms with Crippen LogP contribution in [0.3, 0.4) is 0 Å². The topological polar surface area (TPSA) is 133 Å². The van der Waals surface area contributed by atoms with E-state index < -0.39 is 5.83 Å². The number of methoxy groups -OCH3 is 1. The van der Waals surface area contributed by atoms with Crippen molar-refractivity contribution in [2.24, 2.45) is 0 Å². The van der Waals surface area contributed by atoms with Crippen LogP contribution in [-0.4, -0.2) is 63.2 Å². The van der Waals surface area contributed by atoms with E-state index in [1.54, 1.807) is 33.1 Å². The largest absolute Gasteiger partial charge is 0.495 e. The van der Waals surface area contributed by atoms with Crippen molar-refractivity contribution >= 4 is 40.3 Å². The molecular formula is C31H38FN7O4S. The summed E-state index contributed by atoms with van der Waals surface area (Å²) in [5.74, 6) is 0.297. The number of nitrogens with two attached hydrogens (primary N) is 1. The highest BCUT2D eigenvalue weighted by atomic mass is 32.2. The first-order valence-corrected chi connectivity index (χ1v) is 15.1. The number of carbonyl (C=O) groups is 1. The number of aryl methyl sites for hydroxylation is 1. The number of rotatable bonds is 10. The Morgan fingerprint density at radius 3 is 2.57 bits per heavy atom. The lowest BCUT2D eigenvalue weighted by molar-refractivity contribution is 0.0775. The number of pyridine rings is 1. The van der Waals surface area contributed by atoms with Crippen LogP contribution in [0.4, 0.5) is 15.9 Å². The van der Waals surface area contributed by atoms with Crippen molar-refractivity contribution in [2.75, 3.05) is 43.9 Å². The third-order valence-electron chi connectivity index (χ3n) is 6.74. The highest BCUT2D eigenvalue weighted by molar-refractivity contribution is 7.98. The van der Waals surface area contributed by atoms with Crippen LogP contribution in [0.15, 0.2) is 60.4 Å². The third kappa shape index (κ3) is 7.07. The molecule has 5 rings (SSSR count). The Balaban J connectivity index is 0.00000216. The molecule has 0 spiro atoms. The number of H-pyrrole nitrogens is 1. The molecule has 4 heterocycles. The zero-order valence-electron chi connectivity index (χ0n) is 25.7. The number of aromatic amines is 1. The molecule has 4 aromatic rings. The summed E-state index contributed by atoms with van der Waals surface area (Å²) < 4.78 is 37.5. The predicted molar refractivity (Wildman–Crippen MR) is 173 cm³/mol. The van der Waals surface area contributed by atoms with Gasteiger partial charge in [0.15, 0.2) is 11.6 Å². The number of aromatic nitrogens is 4. The number of carbonyl (C=O) groups excluding carboxylic acids is 1. The Labute approximate surface area is 260 Å². The van der Waals surface area contributed by atoms with Crippen LogP contribution in [0.1, 0.15) is 49.3 Å².